The molecular formula is C16H21N3O3. The average Bonchev–Trinajstić information content (AvgIpc) is 2.57. The molecule has 1 heterocycles. The van der Waals surface area contributed by atoms with Crippen molar-refractivity contribution in [1.29, 1.82) is 0 Å². The average molecular weight is 303 g/mol. The number of fused-ring (bicyclic) bond motifs is 1. The molecule has 0 saturated heterocycles. The zero-order chi connectivity index (χ0) is 16.3. The summed E-state index contributed by atoms with van der Waals surface area (Å²) < 4.78 is 0. The van der Waals surface area contributed by atoms with E-state index in [-0.39, 0.29) is 24.3 Å². The van der Waals surface area contributed by atoms with Gasteiger partial charge in [0, 0.05) is 6.54 Å². The first-order valence-electron chi connectivity index (χ1n) is 7.38. The fourth-order valence-electron chi connectivity index (χ4n) is 2.27. The van der Waals surface area contributed by atoms with E-state index in [0.29, 0.717) is 23.7 Å². The monoisotopic (exact) mass is 303 g/mol. The van der Waals surface area contributed by atoms with Gasteiger partial charge in [0.2, 0.25) is 11.8 Å². The van der Waals surface area contributed by atoms with Gasteiger partial charge in [-0.25, -0.2) is 0 Å². The lowest BCUT2D eigenvalue weighted by Gasteiger charge is -2.23. The number of nitrogens with one attached hydrogen (secondary N) is 2. The van der Waals surface area contributed by atoms with Crippen molar-refractivity contribution >= 4 is 23.4 Å². The molecule has 0 radical (unpaired) electrons. The SMILES string of the molecule is CC(C)CNC(=O)CN1C(=O)C(C)NC(=O)c2ccccc21. The Morgan fingerprint density at radius 2 is 2.00 bits per heavy atom. The number of hydrogen-bond acceptors (Lipinski definition) is 3. The number of carbonyl (C=O) groups excluding carboxylic acids is 3. The fourth-order valence-corrected chi connectivity index (χ4v) is 2.27. The predicted molar refractivity (Wildman–Crippen MR) is 83.6 cm³/mol. The van der Waals surface area contributed by atoms with E-state index in [4.69, 9.17) is 0 Å². The number of benzene rings is 1. The van der Waals surface area contributed by atoms with Crippen molar-refractivity contribution < 1.29 is 14.4 Å². The molecule has 0 aromatic heterocycles. The second kappa shape index (κ2) is 6.60. The predicted octanol–water partition coefficient (Wildman–Crippen LogP) is 0.924. The van der Waals surface area contributed by atoms with Gasteiger partial charge in [-0.05, 0) is 25.0 Å². The molecule has 1 atom stereocenters. The van der Waals surface area contributed by atoms with Crippen molar-refractivity contribution in [3.8, 4) is 0 Å². The molecule has 1 aliphatic rings. The van der Waals surface area contributed by atoms with Crippen molar-refractivity contribution in [2.45, 2.75) is 26.8 Å². The Hall–Kier alpha value is -2.37. The Kier molecular flexibility index (Phi) is 4.80. The Morgan fingerprint density at radius 3 is 2.68 bits per heavy atom. The highest BCUT2D eigenvalue weighted by Crippen LogP contribution is 2.23. The second-order valence-corrected chi connectivity index (χ2v) is 5.83. The summed E-state index contributed by atoms with van der Waals surface area (Å²) in [7, 11) is 0. The summed E-state index contributed by atoms with van der Waals surface area (Å²) in [6, 6.07) is 6.14. The molecule has 0 saturated carbocycles. The molecule has 0 spiro atoms. The number of hydrogen-bond donors (Lipinski definition) is 2. The van der Waals surface area contributed by atoms with Gasteiger partial charge in [0.15, 0.2) is 0 Å². The summed E-state index contributed by atoms with van der Waals surface area (Å²) in [5.74, 6) is -0.504. The van der Waals surface area contributed by atoms with Crippen LogP contribution in [0, 0.1) is 5.92 Å². The molecule has 2 N–H and O–H groups in total. The van der Waals surface area contributed by atoms with E-state index in [1.54, 1.807) is 31.2 Å². The number of amides is 3. The van der Waals surface area contributed by atoms with Gasteiger partial charge in [0.25, 0.3) is 5.91 Å². The van der Waals surface area contributed by atoms with Crippen LogP contribution in [0.1, 0.15) is 31.1 Å². The Bertz CT molecular complexity index is 598. The van der Waals surface area contributed by atoms with Crippen LogP contribution in [0.15, 0.2) is 24.3 Å². The third-order valence-electron chi connectivity index (χ3n) is 3.43. The summed E-state index contributed by atoms with van der Waals surface area (Å²) in [6.45, 7) is 6.07. The van der Waals surface area contributed by atoms with Gasteiger partial charge in [-0.3, -0.25) is 14.4 Å². The van der Waals surface area contributed by atoms with Crippen LogP contribution >= 0.6 is 0 Å². The minimum absolute atomic E-state index is 0.0954. The number of rotatable bonds is 4. The van der Waals surface area contributed by atoms with Gasteiger partial charge in [0.1, 0.15) is 12.6 Å². The summed E-state index contributed by atoms with van der Waals surface area (Å²) in [4.78, 5) is 38.0. The summed E-state index contributed by atoms with van der Waals surface area (Å²) in [5, 5.41) is 5.43. The van der Waals surface area contributed by atoms with Gasteiger partial charge in [-0.15, -0.1) is 0 Å². The molecule has 0 bridgehead atoms. The first-order chi connectivity index (χ1) is 10.4. The van der Waals surface area contributed by atoms with Crippen LogP contribution in [0.3, 0.4) is 0 Å². The molecule has 6 heteroatoms. The first-order valence-corrected chi connectivity index (χ1v) is 7.38. The summed E-state index contributed by atoms with van der Waals surface area (Å²) in [6.07, 6.45) is 0. The van der Waals surface area contributed by atoms with Gasteiger partial charge in [0.05, 0.1) is 11.3 Å². The quantitative estimate of drug-likeness (QED) is 0.868. The van der Waals surface area contributed by atoms with Gasteiger partial charge in [-0.2, -0.15) is 0 Å². The Balaban J connectivity index is 2.27. The van der Waals surface area contributed by atoms with Crippen molar-refractivity contribution in [3.05, 3.63) is 29.8 Å². The standard InChI is InChI=1S/C16H21N3O3/c1-10(2)8-17-14(20)9-19-13-7-5-4-6-12(13)15(21)18-11(3)16(19)22/h4-7,10-11H,8-9H2,1-3H3,(H,17,20)(H,18,21). The molecular weight excluding hydrogens is 282 g/mol. The second-order valence-electron chi connectivity index (χ2n) is 5.83. The maximum atomic E-state index is 12.5. The number of anilines is 1. The zero-order valence-corrected chi connectivity index (χ0v) is 13.1. The largest absolute Gasteiger partial charge is 0.354 e. The van der Waals surface area contributed by atoms with Crippen LogP contribution in [0.2, 0.25) is 0 Å². The lowest BCUT2D eigenvalue weighted by molar-refractivity contribution is -0.124. The van der Waals surface area contributed by atoms with E-state index in [1.807, 2.05) is 13.8 Å². The van der Waals surface area contributed by atoms with Gasteiger partial charge < -0.3 is 15.5 Å². The van der Waals surface area contributed by atoms with Crippen molar-refractivity contribution in [1.82, 2.24) is 10.6 Å². The number of nitrogens with zero attached hydrogens (tertiary/aromatic N) is 1. The molecule has 2 rings (SSSR count). The summed E-state index contributed by atoms with van der Waals surface area (Å²) >= 11 is 0. The molecule has 1 aromatic rings. The topological polar surface area (TPSA) is 78.5 Å². The maximum absolute atomic E-state index is 12.5. The van der Waals surface area contributed by atoms with Crippen LogP contribution in [0.5, 0.6) is 0 Å². The van der Waals surface area contributed by atoms with E-state index in [1.165, 1.54) is 4.90 Å². The molecule has 118 valence electrons. The highest BCUT2D eigenvalue weighted by Gasteiger charge is 2.31. The van der Waals surface area contributed by atoms with Crippen LogP contribution in [-0.2, 0) is 9.59 Å². The highest BCUT2D eigenvalue weighted by molar-refractivity contribution is 6.12. The van der Waals surface area contributed by atoms with E-state index in [2.05, 4.69) is 10.6 Å². The van der Waals surface area contributed by atoms with Crippen LogP contribution < -0.4 is 15.5 Å². The molecule has 22 heavy (non-hydrogen) atoms. The maximum Gasteiger partial charge on any atom is 0.254 e. The van der Waals surface area contributed by atoms with E-state index in [0.717, 1.165) is 0 Å². The van der Waals surface area contributed by atoms with Crippen molar-refractivity contribution in [2.24, 2.45) is 5.92 Å². The van der Waals surface area contributed by atoms with Gasteiger partial charge in [-0.1, -0.05) is 26.0 Å². The Morgan fingerprint density at radius 1 is 1.32 bits per heavy atom. The minimum atomic E-state index is -0.669. The molecule has 1 aliphatic heterocycles. The summed E-state index contributed by atoms with van der Waals surface area (Å²) in [5.41, 5.74) is 0.867. The van der Waals surface area contributed by atoms with Crippen molar-refractivity contribution in [2.75, 3.05) is 18.0 Å². The van der Waals surface area contributed by atoms with Crippen LogP contribution in [-0.4, -0.2) is 36.9 Å². The molecule has 3 amide bonds. The molecule has 0 aliphatic carbocycles. The third kappa shape index (κ3) is 3.44. The molecule has 0 fully saturated rings. The molecule has 1 aromatic carbocycles. The number of carbonyl (C=O) groups is 3. The smallest absolute Gasteiger partial charge is 0.254 e. The highest BCUT2D eigenvalue weighted by atomic mass is 16.2. The normalized spacial score (nSPS) is 17.8. The van der Waals surface area contributed by atoms with E-state index in [9.17, 15) is 14.4 Å². The third-order valence-corrected chi connectivity index (χ3v) is 3.43. The zero-order valence-electron chi connectivity index (χ0n) is 13.1. The fraction of sp³-hybridized carbons (Fsp3) is 0.438. The lowest BCUT2D eigenvalue weighted by Crippen LogP contribution is -2.47. The van der Waals surface area contributed by atoms with E-state index >= 15 is 0 Å². The van der Waals surface area contributed by atoms with Crippen molar-refractivity contribution in [3.63, 3.8) is 0 Å². The minimum Gasteiger partial charge on any atom is -0.354 e. The first kappa shape index (κ1) is 16.0. The number of para-hydroxylation sites is 1. The molecule has 6 nitrogen and oxygen atoms in total. The molecule has 1 unspecified atom stereocenters. The lowest BCUT2D eigenvalue weighted by atomic mass is 10.1. The van der Waals surface area contributed by atoms with Crippen LogP contribution in [0.4, 0.5) is 5.69 Å². The van der Waals surface area contributed by atoms with E-state index < -0.39 is 6.04 Å². The van der Waals surface area contributed by atoms with Crippen LogP contribution in [0.25, 0.3) is 0 Å². The Labute approximate surface area is 129 Å². The van der Waals surface area contributed by atoms with Gasteiger partial charge >= 0.3 is 0 Å².